The van der Waals surface area contributed by atoms with Gasteiger partial charge in [-0.25, -0.2) is 0 Å². The lowest BCUT2D eigenvalue weighted by Gasteiger charge is -2.09. The van der Waals surface area contributed by atoms with Crippen molar-refractivity contribution in [2.45, 2.75) is 64.9 Å². The van der Waals surface area contributed by atoms with Crippen LogP contribution < -0.4 is 5.73 Å². The van der Waals surface area contributed by atoms with Gasteiger partial charge in [-0.3, -0.25) is 0 Å². The van der Waals surface area contributed by atoms with Crippen LogP contribution in [0.15, 0.2) is 0 Å². The Morgan fingerprint density at radius 3 is 2.14 bits per heavy atom. The molecule has 0 aromatic carbocycles. The highest BCUT2D eigenvalue weighted by atomic mass is 16.5. The Hall–Kier alpha value is -0.0800. The molecule has 14 heavy (non-hydrogen) atoms. The molecule has 0 saturated carbocycles. The summed E-state index contributed by atoms with van der Waals surface area (Å²) in [6.45, 7) is 5.80. The molecule has 0 saturated heterocycles. The number of nitrogens with two attached hydrogens (primary N) is 1. The van der Waals surface area contributed by atoms with E-state index in [2.05, 4.69) is 6.92 Å². The average molecular weight is 201 g/mol. The van der Waals surface area contributed by atoms with Crippen LogP contribution in [0.1, 0.15) is 58.8 Å². The van der Waals surface area contributed by atoms with Gasteiger partial charge in [0.05, 0.1) is 6.10 Å². The molecule has 0 heterocycles. The van der Waals surface area contributed by atoms with Crippen LogP contribution in [-0.4, -0.2) is 19.3 Å². The van der Waals surface area contributed by atoms with Crippen molar-refractivity contribution in [3.63, 3.8) is 0 Å². The van der Waals surface area contributed by atoms with Gasteiger partial charge in [-0.1, -0.05) is 45.4 Å². The fourth-order valence-corrected chi connectivity index (χ4v) is 1.41. The van der Waals surface area contributed by atoms with Crippen LogP contribution in [0, 0.1) is 0 Å². The zero-order valence-electron chi connectivity index (χ0n) is 9.93. The third-order valence-electron chi connectivity index (χ3n) is 2.48. The maximum Gasteiger partial charge on any atom is 0.0669 e. The number of rotatable bonds is 10. The quantitative estimate of drug-likeness (QED) is 0.551. The summed E-state index contributed by atoms with van der Waals surface area (Å²) in [5.41, 5.74) is 5.44. The van der Waals surface area contributed by atoms with Crippen molar-refractivity contribution in [2.24, 2.45) is 5.73 Å². The van der Waals surface area contributed by atoms with E-state index in [1.165, 1.54) is 44.9 Å². The smallest absolute Gasteiger partial charge is 0.0669 e. The molecule has 86 valence electrons. The highest BCUT2D eigenvalue weighted by Gasteiger charge is 1.97. The normalized spacial score (nSPS) is 13.1. The van der Waals surface area contributed by atoms with E-state index in [9.17, 15) is 0 Å². The molecule has 0 spiro atoms. The standard InChI is InChI=1S/C12H27NO/c1-3-4-5-6-7-8-9-10-14-12(2)11-13/h12H,3-11,13H2,1-2H3. The van der Waals surface area contributed by atoms with E-state index < -0.39 is 0 Å². The first-order valence-corrected chi connectivity index (χ1v) is 6.13. The van der Waals surface area contributed by atoms with Crippen molar-refractivity contribution in [3.8, 4) is 0 Å². The number of hydrogen-bond donors (Lipinski definition) is 1. The monoisotopic (exact) mass is 201 g/mol. The van der Waals surface area contributed by atoms with E-state index >= 15 is 0 Å². The SMILES string of the molecule is CCCCCCCCCOC(C)CN. The van der Waals surface area contributed by atoms with Gasteiger partial charge < -0.3 is 10.5 Å². The lowest BCUT2D eigenvalue weighted by molar-refractivity contribution is 0.0689. The summed E-state index contributed by atoms with van der Waals surface area (Å²) >= 11 is 0. The minimum absolute atomic E-state index is 0.232. The largest absolute Gasteiger partial charge is 0.377 e. The van der Waals surface area contributed by atoms with Crippen molar-refractivity contribution in [3.05, 3.63) is 0 Å². The van der Waals surface area contributed by atoms with Crippen molar-refractivity contribution in [2.75, 3.05) is 13.2 Å². The second-order valence-corrected chi connectivity index (χ2v) is 4.04. The summed E-state index contributed by atoms with van der Waals surface area (Å²) < 4.78 is 5.49. The van der Waals surface area contributed by atoms with Gasteiger partial charge in [-0.2, -0.15) is 0 Å². The first kappa shape index (κ1) is 13.9. The van der Waals surface area contributed by atoms with E-state index in [0.717, 1.165) is 6.61 Å². The Morgan fingerprint density at radius 2 is 1.57 bits per heavy atom. The number of hydrogen-bond acceptors (Lipinski definition) is 2. The summed E-state index contributed by atoms with van der Waals surface area (Å²) in [5, 5.41) is 0. The number of unbranched alkanes of at least 4 members (excludes halogenated alkanes) is 6. The highest BCUT2D eigenvalue weighted by molar-refractivity contribution is 4.49. The molecule has 1 atom stereocenters. The van der Waals surface area contributed by atoms with Crippen molar-refractivity contribution in [1.29, 1.82) is 0 Å². The summed E-state index contributed by atoms with van der Waals surface area (Å²) in [6, 6.07) is 0. The predicted octanol–water partition coefficient (Wildman–Crippen LogP) is 3.10. The Bertz CT molecular complexity index is 106. The van der Waals surface area contributed by atoms with Gasteiger partial charge in [-0.15, -0.1) is 0 Å². The third-order valence-corrected chi connectivity index (χ3v) is 2.48. The molecule has 2 heteroatoms. The van der Waals surface area contributed by atoms with E-state index in [-0.39, 0.29) is 6.10 Å². The van der Waals surface area contributed by atoms with E-state index in [1.807, 2.05) is 6.92 Å². The molecule has 0 fully saturated rings. The van der Waals surface area contributed by atoms with Crippen molar-refractivity contribution < 1.29 is 4.74 Å². The molecule has 0 radical (unpaired) electrons. The topological polar surface area (TPSA) is 35.2 Å². The van der Waals surface area contributed by atoms with Crippen LogP contribution in [-0.2, 0) is 4.74 Å². The summed E-state index contributed by atoms with van der Waals surface area (Å²) in [5.74, 6) is 0. The van der Waals surface area contributed by atoms with Gasteiger partial charge in [0.25, 0.3) is 0 Å². The second-order valence-electron chi connectivity index (χ2n) is 4.04. The maximum absolute atomic E-state index is 5.49. The molecular weight excluding hydrogens is 174 g/mol. The zero-order chi connectivity index (χ0) is 10.6. The fourth-order valence-electron chi connectivity index (χ4n) is 1.41. The summed E-state index contributed by atoms with van der Waals surface area (Å²) in [6.07, 6.45) is 9.60. The molecular formula is C12H27NO. The summed E-state index contributed by atoms with van der Waals surface area (Å²) in [7, 11) is 0. The summed E-state index contributed by atoms with van der Waals surface area (Å²) in [4.78, 5) is 0. The van der Waals surface area contributed by atoms with Gasteiger partial charge in [0, 0.05) is 13.2 Å². The minimum atomic E-state index is 0.232. The molecule has 0 bridgehead atoms. The molecule has 0 aliphatic carbocycles. The Balaban J connectivity index is 2.92. The molecule has 1 unspecified atom stereocenters. The van der Waals surface area contributed by atoms with Crippen molar-refractivity contribution in [1.82, 2.24) is 0 Å². The Kier molecular flexibility index (Phi) is 10.9. The van der Waals surface area contributed by atoms with E-state index in [0.29, 0.717) is 6.54 Å². The van der Waals surface area contributed by atoms with Crippen LogP contribution >= 0.6 is 0 Å². The van der Waals surface area contributed by atoms with Crippen LogP contribution in [0.25, 0.3) is 0 Å². The second kappa shape index (κ2) is 11.0. The Morgan fingerprint density at radius 1 is 1.00 bits per heavy atom. The minimum Gasteiger partial charge on any atom is -0.377 e. The third kappa shape index (κ3) is 10.0. The fraction of sp³-hybridized carbons (Fsp3) is 1.00. The molecule has 0 amide bonds. The van der Waals surface area contributed by atoms with Crippen LogP contribution in [0.2, 0.25) is 0 Å². The first-order valence-electron chi connectivity index (χ1n) is 6.13. The predicted molar refractivity (Wildman–Crippen MR) is 62.5 cm³/mol. The first-order chi connectivity index (χ1) is 6.81. The van der Waals surface area contributed by atoms with Gasteiger partial charge >= 0.3 is 0 Å². The zero-order valence-corrected chi connectivity index (χ0v) is 9.93. The van der Waals surface area contributed by atoms with Gasteiger partial charge in [0.1, 0.15) is 0 Å². The van der Waals surface area contributed by atoms with Gasteiger partial charge in [0.15, 0.2) is 0 Å². The highest BCUT2D eigenvalue weighted by Crippen LogP contribution is 2.07. The molecule has 0 aliphatic rings. The van der Waals surface area contributed by atoms with E-state index in [4.69, 9.17) is 10.5 Å². The maximum atomic E-state index is 5.49. The average Bonchev–Trinajstić information content (AvgIpc) is 2.21. The van der Waals surface area contributed by atoms with Crippen LogP contribution in [0.4, 0.5) is 0 Å². The van der Waals surface area contributed by atoms with Crippen LogP contribution in [0.5, 0.6) is 0 Å². The molecule has 0 rings (SSSR count). The van der Waals surface area contributed by atoms with Gasteiger partial charge in [-0.05, 0) is 13.3 Å². The molecule has 2 nitrogen and oxygen atoms in total. The number of ether oxygens (including phenoxy) is 1. The van der Waals surface area contributed by atoms with E-state index in [1.54, 1.807) is 0 Å². The lowest BCUT2D eigenvalue weighted by Crippen LogP contribution is -2.20. The Labute approximate surface area is 89.2 Å². The molecule has 0 aliphatic heterocycles. The van der Waals surface area contributed by atoms with Gasteiger partial charge in [0.2, 0.25) is 0 Å². The lowest BCUT2D eigenvalue weighted by atomic mass is 10.1. The van der Waals surface area contributed by atoms with Crippen molar-refractivity contribution >= 4 is 0 Å². The molecule has 2 N–H and O–H groups in total. The molecule has 0 aromatic heterocycles. The van der Waals surface area contributed by atoms with Crippen LogP contribution in [0.3, 0.4) is 0 Å². The molecule has 0 aromatic rings.